The molecule has 1 aliphatic heterocycles. The van der Waals surface area contributed by atoms with Gasteiger partial charge in [0, 0.05) is 17.4 Å². The molecule has 0 aromatic carbocycles. The molecule has 5 unspecified atom stereocenters. The summed E-state index contributed by atoms with van der Waals surface area (Å²) in [6.07, 6.45) is 0.284. The van der Waals surface area contributed by atoms with Gasteiger partial charge in [-0.3, -0.25) is 4.79 Å². The fraction of sp³-hybridized carbons (Fsp3) is 0.667. The lowest BCUT2D eigenvalue weighted by Gasteiger charge is -2.28. The van der Waals surface area contributed by atoms with Crippen LogP contribution in [0.4, 0.5) is 0 Å². The summed E-state index contributed by atoms with van der Waals surface area (Å²) in [6.45, 7) is 7.48. The number of ether oxygens (including phenoxy) is 2. The van der Waals surface area contributed by atoms with E-state index in [0.29, 0.717) is 12.0 Å². The van der Waals surface area contributed by atoms with Gasteiger partial charge in [-0.15, -0.1) is 0 Å². The van der Waals surface area contributed by atoms with Crippen LogP contribution in [0, 0.1) is 34.5 Å². The molecule has 2 bridgehead atoms. The Balaban J connectivity index is 1.78. The highest BCUT2D eigenvalue weighted by atomic mass is 16.6. The predicted molar refractivity (Wildman–Crippen MR) is 68.0 cm³/mol. The Bertz CT molecular complexity index is 547. The summed E-state index contributed by atoms with van der Waals surface area (Å²) in [4.78, 5) is 23.9. The first-order chi connectivity index (χ1) is 9.40. The zero-order chi connectivity index (χ0) is 14.7. The number of carbonyl (C=O) groups is 2. The molecule has 5 nitrogen and oxygen atoms in total. The van der Waals surface area contributed by atoms with E-state index in [9.17, 15) is 14.9 Å². The lowest BCUT2D eigenvalue weighted by molar-refractivity contribution is -0.158. The Morgan fingerprint density at radius 1 is 1.60 bits per heavy atom. The molecule has 5 atom stereocenters. The number of nitriles is 1. The molecule has 0 N–H and O–H groups in total. The maximum absolute atomic E-state index is 12.0. The van der Waals surface area contributed by atoms with Crippen molar-refractivity contribution < 1.29 is 19.1 Å². The maximum atomic E-state index is 12.0. The topological polar surface area (TPSA) is 76.4 Å². The first-order valence-electron chi connectivity index (χ1n) is 6.93. The van der Waals surface area contributed by atoms with E-state index < -0.39 is 29.6 Å². The number of fused-ring (bicyclic) bond motifs is 1. The first-order valence-corrected chi connectivity index (χ1v) is 6.93. The van der Waals surface area contributed by atoms with Gasteiger partial charge < -0.3 is 9.47 Å². The summed E-state index contributed by atoms with van der Waals surface area (Å²) in [5, 5.41) is 9.29. The van der Waals surface area contributed by atoms with Crippen molar-refractivity contribution in [1.82, 2.24) is 0 Å². The van der Waals surface area contributed by atoms with E-state index in [4.69, 9.17) is 9.47 Å². The zero-order valence-electron chi connectivity index (χ0n) is 11.6. The van der Waals surface area contributed by atoms with Gasteiger partial charge in [0.05, 0.1) is 6.07 Å². The highest BCUT2D eigenvalue weighted by Gasteiger charge is 2.72. The standard InChI is InChI=1S/C15H17NO4/c1-7(2)8(3)13(17)19-11-9-4-10-12(11)20-14(18)15(10,5-9)6-16/h7,9-12H,3-5H2,1-2H3. The van der Waals surface area contributed by atoms with Crippen molar-refractivity contribution in [3.8, 4) is 6.07 Å². The van der Waals surface area contributed by atoms with Crippen LogP contribution < -0.4 is 0 Å². The van der Waals surface area contributed by atoms with Crippen molar-refractivity contribution >= 4 is 11.9 Å². The Hall–Kier alpha value is -1.83. The molecular formula is C15H17NO4. The SMILES string of the molecule is C=C(C(=O)OC1C2CC3C1OC(=O)C3(C#N)C2)C(C)C. The molecule has 3 aliphatic rings. The number of nitrogens with zero attached hydrogens (tertiary/aromatic N) is 1. The van der Waals surface area contributed by atoms with Crippen LogP contribution >= 0.6 is 0 Å². The molecular weight excluding hydrogens is 258 g/mol. The molecule has 20 heavy (non-hydrogen) atoms. The van der Waals surface area contributed by atoms with Gasteiger partial charge in [0.25, 0.3) is 0 Å². The highest BCUT2D eigenvalue weighted by molar-refractivity contribution is 5.89. The van der Waals surface area contributed by atoms with Crippen molar-refractivity contribution in [1.29, 1.82) is 5.26 Å². The van der Waals surface area contributed by atoms with Gasteiger partial charge in [0.1, 0.15) is 12.2 Å². The van der Waals surface area contributed by atoms with Gasteiger partial charge in [-0.1, -0.05) is 20.4 Å². The molecule has 5 heteroatoms. The van der Waals surface area contributed by atoms with Gasteiger partial charge in [0.2, 0.25) is 0 Å². The van der Waals surface area contributed by atoms with Crippen LogP contribution in [0.2, 0.25) is 0 Å². The number of hydrogen-bond donors (Lipinski definition) is 0. The lowest BCUT2D eigenvalue weighted by atomic mass is 9.74. The third-order valence-electron chi connectivity index (χ3n) is 4.97. The van der Waals surface area contributed by atoms with Crippen molar-refractivity contribution in [2.24, 2.45) is 23.2 Å². The molecule has 3 rings (SSSR count). The van der Waals surface area contributed by atoms with Crippen LogP contribution in [0.25, 0.3) is 0 Å². The quantitative estimate of drug-likeness (QED) is 0.577. The summed E-state index contributed by atoms with van der Waals surface area (Å²) >= 11 is 0. The summed E-state index contributed by atoms with van der Waals surface area (Å²) in [6, 6.07) is 2.13. The van der Waals surface area contributed by atoms with E-state index in [0.717, 1.165) is 6.42 Å². The molecule has 0 spiro atoms. The van der Waals surface area contributed by atoms with Gasteiger partial charge in [-0.25, -0.2) is 4.79 Å². The molecule has 1 heterocycles. The molecule has 1 saturated heterocycles. The summed E-state index contributed by atoms with van der Waals surface area (Å²) in [5.41, 5.74) is -0.573. The summed E-state index contributed by atoms with van der Waals surface area (Å²) in [7, 11) is 0. The minimum absolute atomic E-state index is 0.0189. The van der Waals surface area contributed by atoms with Gasteiger partial charge in [-0.05, 0) is 18.8 Å². The van der Waals surface area contributed by atoms with Crippen LogP contribution in [-0.2, 0) is 19.1 Å². The molecule has 0 radical (unpaired) electrons. The normalized spacial score (nSPS) is 40.6. The van der Waals surface area contributed by atoms with Crippen LogP contribution in [0.3, 0.4) is 0 Å². The van der Waals surface area contributed by atoms with Crippen LogP contribution in [0.1, 0.15) is 26.7 Å². The van der Waals surface area contributed by atoms with E-state index in [2.05, 4.69) is 12.6 Å². The highest BCUT2D eigenvalue weighted by Crippen LogP contribution is 2.62. The molecule has 2 aliphatic carbocycles. The van der Waals surface area contributed by atoms with Crippen molar-refractivity contribution in [2.45, 2.75) is 38.9 Å². The van der Waals surface area contributed by atoms with Crippen molar-refractivity contribution in [3.63, 3.8) is 0 Å². The van der Waals surface area contributed by atoms with E-state index in [-0.39, 0.29) is 17.8 Å². The van der Waals surface area contributed by atoms with Crippen molar-refractivity contribution in [2.75, 3.05) is 0 Å². The number of carbonyl (C=O) groups excluding carboxylic acids is 2. The fourth-order valence-corrected chi connectivity index (χ4v) is 3.72. The third kappa shape index (κ3) is 1.48. The minimum Gasteiger partial charge on any atom is -0.457 e. The van der Waals surface area contributed by atoms with Gasteiger partial charge >= 0.3 is 11.9 Å². The number of esters is 2. The van der Waals surface area contributed by atoms with Gasteiger partial charge in [0.15, 0.2) is 5.41 Å². The minimum atomic E-state index is -0.993. The largest absolute Gasteiger partial charge is 0.457 e. The molecule has 0 aromatic rings. The number of rotatable bonds is 3. The van der Waals surface area contributed by atoms with Crippen LogP contribution in [0.15, 0.2) is 12.2 Å². The van der Waals surface area contributed by atoms with E-state index in [1.807, 2.05) is 13.8 Å². The molecule has 106 valence electrons. The van der Waals surface area contributed by atoms with Crippen molar-refractivity contribution in [3.05, 3.63) is 12.2 Å². The second-order valence-electron chi connectivity index (χ2n) is 6.31. The molecule has 2 saturated carbocycles. The predicted octanol–water partition coefficient (Wildman–Crippen LogP) is 1.59. The van der Waals surface area contributed by atoms with Crippen LogP contribution in [0.5, 0.6) is 0 Å². The van der Waals surface area contributed by atoms with E-state index in [1.165, 1.54) is 0 Å². The Morgan fingerprint density at radius 3 is 2.90 bits per heavy atom. The third-order valence-corrected chi connectivity index (χ3v) is 4.97. The monoisotopic (exact) mass is 275 g/mol. The van der Waals surface area contributed by atoms with Crippen LogP contribution in [-0.4, -0.2) is 24.1 Å². The molecule has 0 aromatic heterocycles. The van der Waals surface area contributed by atoms with Gasteiger partial charge in [-0.2, -0.15) is 5.26 Å². The Morgan fingerprint density at radius 2 is 2.30 bits per heavy atom. The summed E-state index contributed by atoms with van der Waals surface area (Å²) < 4.78 is 10.8. The molecule has 0 amide bonds. The Labute approximate surface area is 117 Å². The van der Waals surface area contributed by atoms with E-state index >= 15 is 0 Å². The maximum Gasteiger partial charge on any atom is 0.334 e. The average molecular weight is 275 g/mol. The number of hydrogen-bond acceptors (Lipinski definition) is 5. The summed E-state index contributed by atoms with van der Waals surface area (Å²) in [5.74, 6) is -0.942. The second kappa shape index (κ2) is 4.08. The Kier molecular flexibility index (Phi) is 2.69. The second-order valence-corrected chi connectivity index (χ2v) is 6.31. The lowest BCUT2D eigenvalue weighted by Crippen LogP contribution is -2.40. The fourth-order valence-electron chi connectivity index (χ4n) is 3.72. The van der Waals surface area contributed by atoms with E-state index in [1.54, 1.807) is 0 Å². The zero-order valence-corrected chi connectivity index (χ0v) is 11.6. The first kappa shape index (κ1) is 13.2. The molecule has 3 fully saturated rings. The average Bonchev–Trinajstić information content (AvgIpc) is 2.99. The smallest absolute Gasteiger partial charge is 0.334 e.